The van der Waals surface area contributed by atoms with Crippen molar-refractivity contribution in [2.24, 2.45) is 0 Å². The van der Waals surface area contributed by atoms with Crippen LogP contribution in [-0.2, 0) is 5.88 Å². The quantitative estimate of drug-likeness (QED) is 0.670. The van der Waals surface area contributed by atoms with E-state index >= 15 is 0 Å². The van der Waals surface area contributed by atoms with Crippen LogP contribution in [0.4, 0.5) is 0 Å². The Morgan fingerprint density at radius 2 is 1.33 bits per heavy atom. The van der Waals surface area contributed by atoms with Crippen LogP contribution >= 0.6 is 34.8 Å². The largest absolute Gasteiger partial charge is 0.125 e. The zero-order valence-corrected chi connectivity index (χ0v) is 8.91. The van der Waals surface area contributed by atoms with E-state index in [1.165, 1.54) is 5.56 Å². The van der Waals surface area contributed by atoms with Gasteiger partial charge in [0.25, 0.3) is 0 Å². The third-order valence-electron chi connectivity index (χ3n) is 1.07. The molecule has 0 amide bonds. The molecule has 0 radical (unpaired) electrons. The van der Waals surface area contributed by atoms with Gasteiger partial charge in [-0.2, -0.15) is 0 Å². The molecular weight excluding hydrogens is 214 g/mol. The first-order valence-corrected chi connectivity index (χ1v) is 5.17. The van der Waals surface area contributed by atoms with Crippen LogP contribution in [0.3, 0.4) is 0 Å². The van der Waals surface area contributed by atoms with Gasteiger partial charge in [-0.1, -0.05) is 30.3 Å². The van der Waals surface area contributed by atoms with Gasteiger partial charge in [-0.15, -0.1) is 34.8 Å². The fourth-order valence-electron chi connectivity index (χ4n) is 0.567. The minimum absolute atomic E-state index is 0.557. The average molecular weight is 226 g/mol. The topological polar surface area (TPSA) is 0 Å². The summed E-state index contributed by atoms with van der Waals surface area (Å²) >= 11 is 15.6. The average Bonchev–Trinajstić information content (AvgIpc) is 2.19. The summed E-state index contributed by atoms with van der Waals surface area (Å²) in [6.07, 6.45) is 0. The number of hydrogen-bond acceptors (Lipinski definition) is 0. The summed E-state index contributed by atoms with van der Waals surface area (Å²) in [5, 5.41) is 0. The standard InChI is InChI=1S/C7H7Cl.C2H4Cl2/c8-6-7-4-2-1-3-5-7;3-1-2-4/h1-5H,6H2;1-2H2. The summed E-state index contributed by atoms with van der Waals surface area (Å²) in [5.41, 5.74) is 1.18. The number of hydrogen-bond donors (Lipinski definition) is 0. The van der Waals surface area contributed by atoms with Crippen LogP contribution in [0, 0.1) is 0 Å². The SMILES string of the molecule is ClCCCl.ClCc1ccccc1. The van der Waals surface area contributed by atoms with Crippen molar-refractivity contribution in [2.45, 2.75) is 5.88 Å². The van der Waals surface area contributed by atoms with Gasteiger partial charge in [0.15, 0.2) is 0 Å². The molecule has 3 heteroatoms. The van der Waals surface area contributed by atoms with Gasteiger partial charge in [0.1, 0.15) is 0 Å². The van der Waals surface area contributed by atoms with Crippen LogP contribution in [0.2, 0.25) is 0 Å². The van der Waals surface area contributed by atoms with Gasteiger partial charge in [0.05, 0.1) is 0 Å². The Kier molecular flexibility index (Phi) is 9.25. The lowest BCUT2D eigenvalue weighted by molar-refractivity contribution is 1.41. The van der Waals surface area contributed by atoms with Gasteiger partial charge in [0, 0.05) is 17.6 Å². The Balaban J connectivity index is 0.000000261. The molecule has 0 atom stereocenters. The fraction of sp³-hybridized carbons (Fsp3) is 0.333. The van der Waals surface area contributed by atoms with E-state index in [1.807, 2.05) is 30.3 Å². The Bertz CT molecular complexity index is 172. The van der Waals surface area contributed by atoms with Gasteiger partial charge >= 0.3 is 0 Å². The molecule has 0 heterocycles. The zero-order chi connectivity index (χ0) is 9.23. The van der Waals surface area contributed by atoms with Crippen LogP contribution in [0.5, 0.6) is 0 Å². The van der Waals surface area contributed by atoms with Gasteiger partial charge in [-0.3, -0.25) is 0 Å². The fourth-order valence-corrected chi connectivity index (χ4v) is 0.745. The van der Waals surface area contributed by atoms with Crippen LogP contribution in [0.1, 0.15) is 5.56 Å². The maximum atomic E-state index is 5.53. The van der Waals surface area contributed by atoms with Crippen LogP contribution < -0.4 is 0 Å². The minimum Gasteiger partial charge on any atom is -0.125 e. The third-order valence-corrected chi connectivity index (χ3v) is 1.95. The molecule has 0 saturated carbocycles. The van der Waals surface area contributed by atoms with Crippen molar-refractivity contribution in [3.8, 4) is 0 Å². The molecule has 12 heavy (non-hydrogen) atoms. The number of rotatable bonds is 2. The molecule has 0 bridgehead atoms. The van der Waals surface area contributed by atoms with Crippen molar-refractivity contribution in [3.63, 3.8) is 0 Å². The summed E-state index contributed by atoms with van der Waals surface area (Å²) in [6.45, 7) is 0. The second kappa shape index (κ2) is 9.18. The smallest absolute Gasteiger partial charge is 0.0474 e. The monoisotopic (exact) mass is 224 g/mol. The van der Waals surface area contributed by atoms with Gasteiger partial charge in [-0.25, -0.2) is 0 Å². The van der Waals surface area contributed by atoms with Crippen molar-refractivity contribution in [3.05, 3.63) is 35.9 Å². The first kappa shape index (κ1) is 12.1. The molecule has 0 spiro atoms. The first-order chi connectivity index (χ1) is 5.85. The molecule has 1 rings (SSSR count). The first-order valence-electron chi connectivity index (χ1n) is 3.57. The number of halogens is 3. The highest BCUT2D eigenvalue weighted by atomic mass is 35.5. The normalized spacial score (nSPS) is 8.58. The Morgan fingerprint density at radius 1 is 0.833 bits per heavy atom. The molecule has 1 aromatic rings. The molecular formula is C9H11Cl3. The Hall–Kier alpha value is 0.0900. The predicted molar refractivity (Wildman–Crippen MR) is 57.4 cm³/mol. The molecule has 68 valence electrons. The van der Waals surface area contributed by atoms with E-state index in [1.54, 1.807) is 0 Å². The molecule has 0 saturated heterocycles. The van der Waals surface area contributed by atoms with Gasteiger partial charge in [0.2, 0.25) is 0 Å². The van der Waals surface area contributed by atoms with E-state index in [2.05, 4.69) is 0 Å². The van der Waals surface area contributed by atoms with E-state index < -0.39 is 0 Å². The van der Waals surface area contributed by atoms with E-state index in [9.17, 15) is 0 Å². The summed E-state index contributed by atoms with van der Waals surface area (Å²) in [5.74, 6) is 1.73. The Labute approximate surface area is 88.4 Å². The lowest BCUT2D eigenvalue weighted by atomic mass is 10.2. The Morgan fingerprint density at radius 3 is 1.58 bits per heavy atom. The molecule has 0 fully saturated rings. The predicted octanol–water partition coefficient (Wildman–Crippen LogP) is 3.89. The second-order valence-electron chi connectivity index (χ2n) is 2.00. The summed E-state index contributed by atoms with van der Waals surface area (Å²) in [7, 11) is 0. The number of benzene rings is 1. The zero-order valence-electron chi connectivity index (χ0n) is 6.64. The molecule has 0 aliphatic rings. The molecule has 0 unspecified atom stereocenters. The van der Waals surface area contributed by atoms with Crippen molar-refractivity contribution >= 4 is 34.8 Å². The summed E-state index contributed by atoms with van der Waals surface area (Å²) in [4.78, 5) is 0. The van der Waals surface area contributed by atoms with E-state index in [4.69, 9.17) is 34.8 Å². The molecule has 0 aromatic heterocycles. The van der Waals surface area contributed by atoms with E-state index in [0.29, 0.717) is 17.6 Å². The lowest BCUT2D eigenvalue weighted by Crippen LogP contribution is -1.71. The second-order valence-corrected chi connectivity index (χ2v) is 3.02. The summed E-state index contributed by atoms with van der Waals surface area (Å²) in [6, 6.07) is 9.96. The lowest BCUT2D eigenvalue weighted by Gasteiger charge is -1.88. The van der Waals surface area contributed by atoms with Crippen molar-refractivity contribution in [1.82, 2.24) is 0 Å². The maximum absolute atomic E-state index is 5.53. The molecule has 0 nitrogen and oxygen atoms in total. The van der Waals surface area contributed by atoms with Crippen LogP contribution in [-0.4, -0.2) is 11.8 Å². The van der Waals surface area contributed by atoms with E-state index in [0.717, 1.165) is 0 Å². The molecule has 0 N–H and O–H groups in total. The van der Waals surface area contributed by atoms with Gasteiger partial charge in [-0.05, 0) is 5.56 Å². The minimum atomic E-state index is 0.557. The van der Waals surface area contributed by atoms with Gasteiger partial charge < -0.3 is 0 Å². The maximum Gasteiger partial charge on any atom is 0.0474 e. The van der Waals surface area contributed by atoms with Crippen molar-refractivity contribution < 1.29 is 0 Å². The van der Waals surface area contributed by atoms with E-state index in [-0.39, 0.29) is 0 Å². The van der Waals surface area contributed by atoms with Crippen LogP contribution in [0.15, 0.2) is 30.3 Å². The molecule has 1 aromatic carbocycles. The highest BCUT2D eigenvalue weighted by molar-refractivity contribution is 6.25. The third kappa shape index (κ3) is 6.78. The summed E-state index contributed by atoms with van der Waals surface area (Å²) < 4.78 is 0. The van der Waals surface area contributed by atoms with Crippen molar-refractivity contribution in [2.75, 3.05) is 11.8 Å². The highest BCUT2D eigenvalue weighted by Crippen LogP contribution is 2.00. The molecule has 0 aliphatic heterocycles. The number of alkyl halides is 3. The van der Waals surface area contributed by atoms with Crippen molar-refractivity contribution in [1.29, 1.82) is 0 Å². The molecule has 0 aliphatic carbocycles. The highest BCUT2D eigenvalue weighted by Gasteiger charge is 1.81. The van der Waals surface area contributed by atoms with Crippen LogP contribution in [0.25, 0.3) is 0 Å².